The van der Waals surface area contributed by atoms with Crippen LogP contribution in [-0.4, -0.2) is 85.6 Å². The standard InChI is InChI=1S/C26H53NO7/c1-3-4-5-6-7-8-9-10-11-12-13-14-15-16-17-32-19-21(31-2)20-33-26-23(27)25(30)24(29)22(18-28)34-26/h21-26,28-30H,3-20,27H2,1-2H3/t21?,22?,23?,24-,25-,26-/m1/s1. The highest BCUT2D eigenvalue weighted by Gasteiger charge is 2.43. The fourth-order valence-corrected chi connectivity index (χ4v) is 4.25. The van der Waals surface area contributed by atoms with Crippen molar-refractivity contribution in [3.8, 4) is 0 Å². The molecular weight excluding hydrogens is 438 g/mol. The van der Waals surface area contributed by atoms with Crippen molar-refractivity contribution in [2.24, 2.45) is 5.73 Å². The second-order valence-electron chi connectivity index (χ2n) is 9.65. The summed E-state index contributed by atoms with van der Waals surface area (Å²) >= 11 is 0. The van der Waals surface area contributed by atoms with Crippen LogP contribution in [0.4, 0.5) is 0 Å². The summed E-state index contributed by atoms with van der Waals surface area (Å²) in [5.74, 6) is 0. The second-order valence-corrected chi connectivity index (χ2v) is 9.65. The summed E-state index contributed by atoms with van der Waals surface area (Å²) in [6, 6.07) is -0.910. The van der Waals surface area contributed by atoms with Gasteiger partial charge in [-0.05, 0) is 6.42 Å². The molecule has 0 aliphatic carbocycles. The van der Waals surface area contributed by atoms with Gasteiger partial charge in [0.1, 0.15) is 24.4 Å². The van der Waals surface area contributed by atoms with Gasteiger partial charge in [0, 0.05) is 13.7 Å². The molecule has 0 aromatic heterocycles. The molecule has 0 radical (unpaired) electrons. The molecule has 6 atom stereocenters. The van der Waals surface area contributed by atoms with Gasteiger partial charge < -0.3 is 40.0 Å². The average Bonchev–Trinajstić information content (AvgIpc) is 2.85. The fraction of sp³-hybridized carbons (Fsp3) is 1.00. The fourth-order valence-electron chi connectivity index (χ4n) is 4.25. The van der Waals surface area contributed by atoms with Crippen LogP contribution in [0.15, 0.2) is 0 Å². The predicted molar refractivity (Wildman–Crippen MR) is 134 cm³/mol. The Bertz CT molecular complexity index is 455. The highest BCUT2D eigenvalue weighted by molar-refractivity contribution is 4.91. The van der Waals surface area contributed by atoms with Crippen LogP contribution in [0.1, 0.15) is 96.8 Å². The molecule has 1 rings (SSSR count). The molecule has 1 aliphatic heterocycles. The average molecular weight is 492 g/mol. The van der Waals surface area contributed by atoms with Crippen LogP contribution in [0, 0.1) is 0 Å². The van der Waals surface area contributed by atoms with Crippen LogP contribution in [0.5, 0.6) is 0 Å². The molecule has 0 aromatic rings. The molecule has 0 spiro atoms. The topological polar surface area (TPSA) is 124 Å². The maximum atomic E-state index is 10.00. The lowest BCUT2D eigenvalue weighted by molar-refractivity contribution is -0.271. The lowest BCUT2D eigenvalue weighted by Crippen LogP contribution is -2.62. The van der Waals surface area contributed by atoms with E-state index in [1.165, 1.54) is 83.5 Å². The van der Waals surface area contributed by atoms with Gasteiger partial charge in [0.2, 0.25) is 0 Å². The van der Waals surface area contributed by atoms with Crippen molar-refractivity contribution in [3.63, 3.8) is 0 Å². The summed E-state index contributed by atoms with van der Waals surface area (Å²) < 4.78 is 22.2. The SMILES string of the molecule is CCCCCCCCCCCCCCCCOCC(CO[C@@H]1OC(CO)[C@@H](O)[C@H](O)C1N)OC. The smallest absolute Gasteiger partial charge is 0.175 e. The van der Waals surface area contributed by atoms with Gasteiger partial charge in [0.25, 0.3) is 0 Å². The Morgan fingerprint density at radius 3 is 1.82 bits per heavy atom. The van der Waals surface area contributed by atoms with Gasteiger partial charge >= 0.3 is 0 Å². The summed E-state index contributed by atoms with van der Waals surface area (Å²) in [5, 5.41) is 29.1. The van der Waals surface area contributed by atoms with Crippen LogP contribution in [0.2, 0.25) is 0 Å². The molecule has 1 saturated heterocycles. The third-order valence-electron chi connectivity index (χ3n) is 6.65. The van der Waals surface area contributed by atoms with Crippen molar-refractivity contribution in [2.45, 2.75) is 134 Å². The number of ether oxygens (including phenoxy) is 4. The normalized spacial score (nSPS) is 26.1. The summed E-state index contributed by atoms with van der Waals surface area (Å²) in [7, 11) is 1.58. The van der Waals surface area contributed by atoms with Crippen LogP contribution in [-0.2, 0) is 18.9 Å². The van der Waals surface area contributed by atoms with Crippen molar-refractivity contribution in [2.75, 3.05) is 33.5 Å². The van der Waals surface area contributed by atoms with Gasteiger partial charge in [-0.25, -0.2) is 0 Å². The van der Waals surface area contributed by atoms with Crippen molar-refractivity contribution in [1.29, 1.82) is 0 Å². The third kappa shape index (κ3) is 13.7. The number of hydrogen-bond acceptors (Lipinski definition) is 8. The summed E-state index contributed by atoms with van der Waals surface area (Å²) in [6.07, 6.45) is 14.0. The molecule has 0 bridgehead atoms. The number of nitrogens with two attached hydrogens (primary N) is 1. The first-order chi connectivity index (χ1) is 16.5. The molecule has 0 amide bonds. The molecule has 3 unspecified atom stereocenters. The predicted octanol–water partition coefficient (Wildman–Crippen LogP) is 3.28. The van der Waals surface area contributed by atoms with E-state index < -0.39 is 37.3 Å². The first-order valence-corrected chi connectivity index (χ1v) is 13.6. The lowest BCUT2D eigenvalue weighted by Gasteiger charge is -2.40. The number of hydrogen-bond donors (Lipinski definition) is 4. The third-order valence-corrected chi connectivity index (χ3v) is 6.65. The van der Waals surface area contributed by atoms with E-state index in [-0.39, 0.29) is 12.7 Å². The minimum atomic E-state index is -1.24. The first kappa shape index (κ1) is 31.7. The van der Waals surface area contributed by atoms with Crippen LogP contribution < -0.4 is 5.73 Å². The molecule has 1 aliphatic rings. The molecule has 5 N–H and O–H groups in total. The van der Waals surface area contributed by atoms with Gasteiger partial charge in [-0.1, -0.05) is 90.4 Å². The maximum Gasteiger partial charge on any atom is 0.175 e. The first-order valence-electron chi connectivity index (χ1n) is 13.6. The van der Waals surface area contributed by atoms with Crippen LogP contribution in [0.3, 0.4) is 0 Å². The lowest BCUT2D eigenvalue weighted by atomic mass is 9.98. The summed E-state index contributed by atoms with van der Waals surface area (Å²) in [5.41, 5.74) is 5.88. The Morgan fingerprint density at radius 1 is 0.794 bits per heavy atom. The molecule has 8 heteroatoms. The molecular formula is C26H53NO7. The number of aliphatic hydroxyl groups excluding tert-OH is 3. The van der Waals surface area contributed by atoms with E-state index in [9.17, 15) is 15.3 Å². The van der Waals surface area contributed by atoms with Gasteiger partial charge in [-0.2, -0.15) is 0 Å². The zero-order valence-electron chi connectivity index (χ0n) is 21.7. The van der Waals surface area contributed by atoms with Gasteiger partial charge in [0.15, 0.2) is 6.29 Å². The zero-order chi connectivity index (χ0) is 25.0. The zero-order valence-corrected chi connectivity index (χ0v) is 21.7. The molecule has 1 heterocycles. The van der Waals surface area contributed by atoms with Gasteiger partial charge in [0.05, 0.1) is 25.9 Å². The Labute approximate surface area is 207 Å². The quantitative estimate of drug-likeness (QED) is 0.170. The van der Waals surface area contributed by atoms with Crippen molar-refractivity contribution in [1.82, 2.24) is 0 Å². The molecule has 34 heavy (non-hydrogen) atoms. The number of unbranched alkanes of at least 4 members (excludes halogenated alkanes) is 13. The van der Waals surface area contributed by atoms with E-state index in [4.69, 9.17) is 24.7 Å². The maximum absolute atomic E-state index is 10.00. The van der Waals surface area contributed by atoms with Crippen molar-refractivity contribution in [3.05, 3.63) is 0 Å². The Balaban J connectivity index is 1.97. The summed E-state index contributed by atoms with van der Waals surface area (Å²) in [4.78, 5) is 0. The van der Waals surface area contributed by atoms with Gasteiger partial charge in [-0.15, -0.1) is 0 Å². The van der Waals surface area contributed by atoms with E-state index in [1.54, 1.807) is 7.11 Å². The number of methoxy groups -OCH3 is 1. The number of rotatable bonds is 22. The van der Waals surface area contributed by atoms with Crippen LogP contribution in [0.25, 0.3) is 0 Å². The van der Waals surface area contributed by atoms with E-state index in [1.807, 2.05) is 0 Å². The monoisotopic (exact) mass is 491 g/mol. The molecule has 0 aromatic carbocycles. The number of aliphatic hydroxyl groups is 3. The molecule has 1 fully saturated rings. The highest BCUT2D eigenvalue weighted by Crippen LogP contribution is 2.21. The van der Waals surface area contributed by atoms with Crippen molar-refractivity contribution >= 4 is 0 Å². The van der Waals surface area contributed by atoms with E-state index in [2.05, 4.69) is 6.92 Å². The van der Waals surface area contributed by atoms with E-state index >= 15 is 0 Å². The van der Waals surface area contributed by atoms with E-state index in [0.29, 0.717) is 13.2 Å². The summed E-state index contributed by atoms with van der Waals surface area (Å²) in [6.45, 7) is 3.10. The van der Waals surface area contributed by atoms with Crippen molar-refractivity contribution < 1.29 is 34.3 Å². The molecule has 8 nitrogen and oxygen atoms in total. The molecule has 0 saturated carbocycles. The van der Waals surface area contributed by atoms with Crippen LogP contribution >= 0.6 is 0 Å². The Morgan fingerprint density at radius 2 is 1.32 bits per heavy atom. The molecule has 204 valence electrons. The largest absolute Gasteiger partial charge is 0.394 e. The van der Waals surface area contributed by atoms with E-state index in [0.717, 1.165) is 6.42 Å². The highest BCUT2D eigenvalue weighted by atomic mass is 16.7. The Kier molecular flexibility index (Phi) is 19.4. The van der Waals surface area contributed by atoms with Gasteiger partial charge in [-0.3, -0.25) is 0 Å². The Hall–Kier alpha value is -0.320. The minimum Gasteiger partial charge on any atom is -0.394 e. The minimum absolute atomic E-state index is 0.175. The second kappa shape index (κ2) is 20.8.